The highest BCUT2D eigenvalue weighted by Crippen LogP contribution is 2.70. The Morgan fingerprint density at radius 3 is 1.70 bits per heavy atom. The van der Waals surface area contributed by atoms with Crippen LogP contribution in [-0.2, 0) is 4.57 Å². The third kappa shape index (κ3) is 4.01. The highest BCUT2D eigenvalue weighted by molar-refractivity contribution is 7.64. The first kappa shape index (κ1) is 22.5. The van der Waals surface area contributed by atoms with E-state index in [1.807, 2.05) is 4.67 Å². The third-order valence-corrected chi connectivity index (χ3v) is 10.1. The van der Waals surface area contributed by atoms with Crippen LogP contribution in [0.5, 0.6) is 0 Å². The normalized spacial score (nSPS) is 17.4. The molecule has 1 saturated heterocycles. The van der Waals surface area contributed by atoms with Crippen molar-refractivity contribution in [2.24, 2.45) is 0 Å². The van der Waals surface area contributed by atoms with Crippen molar-refractivity contribution < 1.29 is 4.57 Å². The zero-order valence-electron chi connectivity index (χ0n) is 19.1. The minimum Gasteiger partial charge on any atom is -0.344 e. The highest BCUT2D eigenvalue weighted by Gasteiger charge is 2.52. The Morgan fingerprint density at radius 1 is 0.889 bits per heavy atom. The first-order valence-corrected chi connectivity index (χ1v) is 11.9. The zero-order valence-corrected chi connectivity index (χ0v) is 19.9. The molecular formula is C23H39N2OP. The Labute approximate surface area is 167 Å². The number of hydrogen-bond donors (Lipinski definition) is 0. The Morgan fingerprint density at radius 2 is 1.33 bits per heavy atom. The lowest BCUT2D eigenvalue weighted by Gasteiger charge is -2.45. The molecule has 1 fully saturated rings. The molecule has 2 radical (unpaired) electrons. The SMILES string of the molecule is CC(C)c1cccc(C(C)C)c1N1[C]N(P(=O)(C(C)(C)C)C(C)(C)C)CC1. The van der Waals surface area contributed by atoms with Gasteiger partial charge in [-0.25, -0.2) is 4.67 Å². The molecule has 1 heterocycles. The summed E-state index contributed by atoms with van der Waals surface area (Å²) in [7, 11) is -2.69. The molecule has 0 saturated carbocycles. The fraction of sp³-hybridized carbons (Fsp3) is 0.696. The third-order valence-electron chi connectivity index (χ3n) is 5.54. The monoisotopic (exact) mass is 390 g/mol. The van der Waals surface area contributed by atoms with Gasteiger partial charge < -0.3 is 9.46 Å². The van der Waals surface area contributed by atoms with Gasteiger partial charge in [0.15, 0.2) is 14.0 Å². The van der Waals surface area contributed by atoms with E-state index in [4.69, 9.17) is 0 Å². The molecule has 1 aliphatic rings. The lowest BCUT2D eigenvalue weighted by Crippen LogP contribution is -2.37. The van der Waals surface area contributed by atoms with Crippen LogP contribution in [0.3, 0.4) is 0 Å². The van der Waals surface area contributed by atoms with Crippen LogP contribution in [0.2, 0.25) is 0 Å². The molecule has 2 rings (SSSR count). The molecule has 1 aliphatic heterocycles. The van der Waals surface area contributed by atoms with Gasteiger partial charge in [0.25, 0.3) is 0 Å². The summed E-state index contributed by atoms with van der Waals surface area (Å²) in [5, 5.41) is -0.598. The molecule has 4 heteroatoms. The van der Waals surface area contributed by atoms with Gasteiger partial charge in [-0.05, 0) is 23.0 Å². The molecule has 0 amide bonds. The second kappa shape index (κ2) is 7.56. The van der Waals surface area contributed by atoms with Crippen LogP contribution in [0.15, 0.2) is 18.2 Å². The molecule has 0 N–H and O–H groups in total. The predicted octanol–water partition coefficient (Wildman–Crippen LogP) is 6.93. The molecule has 0 aromatic heterocycles. The molecule has 3 nitrogen and oxygen atoms in total. The van der Waals surface area contributed by atoms with Crippen LogP contribution in [0.25, 0.3) is 0 Å². The summed E-state index contributed by atoms with van der Waals surface area (Å²) in [6.07, 6.45) is 0. The van der Waals surface area contributed by atoms with Gasteiger partial charge >= 0.3 is 0 Å². The first-order chi connectivity index (χ1) is 12.2. The zero-order chi connectivity index (χ0) is 20.8. The molecule has 0 spiro atoms. The summed E-state index contributed by atoms with van der Waals surface area (Å²) < 4.78 is 16.4. The van der Waals surface area contributed by atoms with E-state index in [0.717, 1.165) is 13.1 Å². The van der Waals surface area contributed by atoms with E-state index in [-0.39, 0.29) is 10.3 Å². The standard InChI is InChI=1S/C23H39N2OP/c1-17(2)19-12-11-13-20(18(3)4)21(19)24-14-15-25(16-24)27(26,22(5,6)7)23(8,9)10/h11-13,17-18H,14-15H2,1-10H3. The van der Waals surface area contributed by atoms with Gasteiger partial charge in [-0.3, -0.25) is 0 Å². The van der Waals surface area contributed by atoms with Gasteiger partial charge in [0.1, 0.15) is 0 Å². The number of anilines is 1. The topological polar surface area (TPSA) is 23.6 Å². The van der Waals surface area contributed by atoms with Crippen LogP contribution in [0.1, 0.15) is 92.2 Å². The van der Waals surface area contributed by atoms with E-state index >= 15 is 0 Å². The van der Waals surface area contributed by atoms with Crippen LogP contribution in [0, 0.1) is 6.67 Å². The van der Waals surface area contributed by atoms with E-state index in [9.17, 15) is 4.57 Å². The summed E-state index contributed by atoms with van der Waals surface area (Å²) in [5.74, 6) is 0.873. The maximum atomic E-state index is 14.3. The fourth-order valence-electron chi connectivity index (χ4n) is 4.35. The molecule has 27 heavy (non-hydrogen) atoms. The molecule has 1 aromatic rings. The minimum atomic E-state index is -2.69. The second-order valence-corrected chi connectivity index (χ2v) is 14.7. The number of nitrogens with zero attached hydrogens (tertiary/aromatic N) is 2. The molecular weight excluding hydrogens is 351 g/mol. The van der Waals surface area contributed by atoms with E-state index in [1.54, 1.807) is 0 Å². The van der Waals surface area contributed by atoms with Crippen molar-refractivity contribution in [1.82, 2.24) is 4.67 Å². The summed E-state index contributed by atoms with van der Waals surface area (Å²) in [5.41, 5.74) is 3.95. The second-order valence-electron chi connectivity index (χ2n) is 10.4. The van der Waals surface area contributed by atoms with E-state index in [0.29, 0.717) is 11.8 Å². The van der Waals surface area contributed by atoms with E-state index in [1.165, 1.54) is 16.8 Å². The molecule has 0 aliphatic carbocycles. The Kier molecular flexibility index (Phi) is 6.30. The summed E-state index contributed by atoms with van der Waals surface area (Å²) >= 11 is 0. The average molecular weight is 391 g/mol. The highest BCUT2D eigenvalue weighted by atomic mass is 31.2. The Hall–Kier alpha value is -0.790. The Bertz CT molecular complexity index is 666. The number of rotatable bonds is 4. The Balaban J connectivity index is 2.49. The van der Waals surface area contributed by atoms with Gasteiger partial charge in [-0.1, -0.05) is 87.4 Å². The van der Waals surface area contributed by atoms with Crippen molar-refractivity contribution in [3.8, 4) is 0 Å². The predicted molar refractivity (Wildman–Crippen MR) is 119 cm³/mol. The van der Waals surface area contributed by atoms with Gasteiger partial charge in [0, 0.05) is 29.1 Å². The van der Waals surface area contributed by atoms with Crippen LogP contribution in [-0.4, -0.2) is 28.1 Å². The molecule has 0 bridgehead atoms. The number of benzene rings is 1. The lowest BCUT2D eigenvalue weighted by molar-refractivity contribution is 0.443. The summed E-state index contributed by atoms with van der Waals surface area (Å²) in [6, 6.07) is 6.61. The lowest BCUT2D eigenvalue weighted by atomic mass is 9.92. The van der Waals surface area contributed by atoms with Crippen LogP contribution < -0.4 is 4.90 Å². The number of hydrogen-bond acceptors (Lipinski definition) is 2. The number of para-hydroxylation sites is 1. The maximum absolute atomic E-state index is 14.3. The van der Waals surface area contributed by atoms with Crippen molar-refractivity contribution in [3.05, 3.63) is 36.0 Å². The van der Waals surface area contributed by atoms with Crippen molar-refractivity contribution in [2.45, 2.75) is 91.4 Å². The fourth-order valence-corrected chi connectivity index (χ4v) is 8.42. The van der Waals surface area contributed by atoms with E-state index in [2.05, 4.69) is 99.0 Å². The quantitative estimate of drug-likeness (QED) is 0.521. The van der Waals surface area contributed by atoms with Crippen molar-refractivity contribution >= 4 is 13.0 Å². The van der Waals surface area contributed by atoms with Crippen LogP contribution >= 0.6 is 7.29 Å². The largest absolute Gasteiger partial charge is 0.344 e. The molecule has 0 atom stereocenters. The summed E-state index contributed by atoms with van der Waals surface area (Å²) in [4.78, 5) is 2.23. The van der Waals surface area contributed by atoms with Crippen molar-refractivity contribution in [3.63, 3.8) is 0 Å². The van der Waals surface area contributed by atoms with Gasteiger partial charge in [-0.15, -0.1) is 0 Å². The molecule has 152 valence electrons. The summed E-state index contributed by atoms with van der Waals surface area (Å²) in [6.45, 7) is 26.7. The smallest absolute Gasteiger partial charge is 0.183 e. The van der Waals surface area contributed by atoms with Crippen molar-refractivity contribution in [2.75, 3.05) is 18.0 Å². The van der Waals surface area contributed by atoms with E-state index < -0.39 is 7.29 Å². The minimum absolute atomic E-state index is 0.299. The maximum Gasteiger partial charge on any atom is 0.183 e. The van der Waals surface area contributed by atoms with Gasteiger partial charge in [-0.2, -0.15) is 0 Å². The molecule has 1 aromatic carbocycles. The van der Waals surface area contributed by atoms with Crippen molar-refractivity contribution in [1.29, 1.82) is 0 Å². The van der Waals surface area contributed by atoms with Gasteiger partial charge in [0.05, 0.1) is 0 Å². The first-order valence-electron chi connectivity index (χ1n) is 10.3. The average Bonchev–Trinajstić information content (AvgIpc) is 3.00. The molecule has 0 unspecified atom stereocenters. The van der Waals surface area contributed by atoms with Crippen LogP contribution in [0.4, 0.5) is 5.69 Å². The van der Waals surface area contributed by atoms with Gasteiger partial charge in [0.2, 0.25) is 0 Å².